The Morgan fingerprint density at radius 1 is 1.15 bits per heavy atom. The number of hydrogen-bond donors (Lipinski definition) is 2. The van der Waals surface area contributed by atoms with Gasteiger partial charge in [0.2, 0.25) is 0 Å². The minimum atomic E-state index is 0.800. The van der Waals surface area contributed by atoms with Crippen molar-refractivity contribution in [2.75, 3.05) is 0 Å². The first-order chi connectivity index (χ1) is 6.20. The fourth-order valence-electron chi connectivity index (χ4n) is 1.41. The van der Waals surface area contributed by atoms with Crippen molar-refractivity contribution in [1.29, 1.82) is 0 Å². The molecule has 13 heavy (non-hydrogen) atoms. The molecule has 0 fully saturated rings. The lowest BCUT2D eigenvalue weighted by Gasteiger charge is -1.93. The number of aromatic amines is 2. The van der Waals surface area contributed by atoms with Gasteiger partial charge in [-0.25, -0.2) is 4.98 Å². The Morgan fingerprint density at radius 2 is 1.92 bits per heavy atom. The maximum atomic E-state index is 4.10. The van der Waals surface area contributed by atoms with E-state index in [1.54, 1.807) is 0 Å². The van der Waals surface area contributed by atoms with Gasteiger partial charge in [-0.2, -0.15) is 5.10 Å². The number of H-pyrrole nitrogens is 2. The summed E-state index contributed by atoms with van der Waals surface area (Å²) in [6.07, 6.45) is 1.51. The van der Waals surface area contributed by atoms with Crippen LogP contribution < -0.4 is 0 Å². The van der Waals surface area contributed by atoms with E-state index < -0.39 is 0 Å². The molecule has 68 valence electrons. The van der Waals surface area contributed by atoms with E-state index in [2.05, 4.69) is 40.9 Å². The Morgan fingerprint density at radius 3 is 2.38 bits per heavy atom. The highest BCUT2D eigenvalue weighted by molar-refractivity contribution is 5.58. The highest BCUT2D eigenvalue weighted by atomic mass is 15.2. The van der Waals surface area contributed by atoms with Crippen molar-refractivity contribution in [3.63, 3.8) is 0 Å². The number of nitrogens with zero attached hydrogens (tertiary/aromatic N) is 2. The molecule has 0 aliphatic rings. The van der Waals surface area contributed by atoms with E-state index in [0.717, 1.165) is 11.5 Å². The zero-order chi connectivity index (χ0) is 9.42. The van der Waals surface area contributed by atoms with Crippen molar-refractivity contribution in [2.24, 2.45) is 0 Å². The van der Waals surface area contributed by atoms with Gasteiger partial charge in [-0.3, -0.25) is 5.10 Å². The number of aryl methyl sites for hydroxylation is 1. The van der Waals surface area contributed by atoms with Gasteiger partial charge in [-0.05, 0) is 31.9 Å². The van der Waals surface area contributed by atoms with Gasteiger partial charge in [0.25, 0.3) is 0 Å². The normalized spacial score (nSPS) is 10.7. The predicted octanol–water partition coefficient (Wildman–Crippen LogP) is 1.73. The van der Waals surface area contributed by atoms with Crippen molar-refractivity contribution in [3.05, 3.63) is 23.1 Å². The lowest BCUT2D eigenvalue weighted by Crippen LogP contribution is -1.83. The SMILES string of the molecule is Cc1[nH]c(-c2ncn[nH]2)c(C)c1C. The fraction of sp³-hybridized carbons (Fsp3) is 0.333. The monoisotopic (exact) mass is 176 g/mol. The van der Waals surface area contributed by atoms with E-state index in [1.807, 2.05) is 0 Å². The fourth-order valence-corrected chi connectivity index (χ4v) is 1.41. The van der Waals surface area contributed by atoms with Crippen LogP contribution in [0.4, 0.5) is 0 Å². The van der Waals surface area contributed by atoms with E-state index in [1.165, 1.54) is 23.1 Å². The maximum Gasteiger partial charge on any atom is 0.172 e. The lowest BCUT2D eigenvalue weighted by atomic mass is 10.1. The van der Waals surface area contributed by atoms with Crippen molar-refractivity contribution >= 4 is 0 Å². The molecule has 0 atom stereocenters. The Bertz CT molecular complexity index is 411. The zero-order valence-corrected chi connectivity index (χ0v) is 7.97. The Labute approximate surface area is 76.4 Å². The van der Waals surface area contributed by atoms with Gasteiger partial charge in [0.05, 0.1) is 5.69 Å². The summed E-state index contributed by atoms with van der Waals surface area (Å²) < 4.78 is 0. The second-order valence-electron chi connectivity index (χ2n) is 3.21. The molecule has 0 aromatic carbocycles. The van der Waals surface area contributed by atoms with E-state index in [0.29, 0.717) is 0 Å². The molecule has 0 aliphatic carbocycles. The summed E-state index contributed by atoms with van der Waals surface area (Å²) in [5, 5.41) is 6.66. The molecule has 2 rings (SSSR count). The van der Waals surface area contributed by atoms with Crippen molar-refractivity contribution in [2.45, 2.75) is 20.8 Å². The quantitative estimate of drug-likeness (QED) is 0.695. The Kier molecular flexibility index (Phi) is 1.69. The summed E-state index contributed by atoms with van der Waals surface area (Å²) in [6.45, 7) is 6.24. The topological polar surface area (TPSA) is 57.4 Å². The number of rotatable bonds is 1. The smallest absolute Gasteiger partial charge is 0.172 e. The van der Waals surface area contributed by atoms with Crippen LogP contribution in [0.1, 0.15) is 16.8 Å². The first kappa shape index (κ1) is 8.04. The molecule has 0 unspecified atom stereocenters. The average Bonchev–Trinajstić information content (AvgIpc) is 2.70. The van der Waals surface area contributed by atoms with Crippen LogP contribution in [0.5, 0.6) is 0 Å². The van der Waals surface area contributed by atoms with Crippen LogP contribution in [0.25, 0.3) is 11.5 Å². The largest absolute Gasteiger partial charge is 0.356 e. The van der Waals surface area contributed by atoms with Gasteiger partial charge in [0, 0.05) is 5.69 Å². The minimum absolute atomic E-state index is 0.800. The molecule has 2 heterocycles. The van der Waals surface area contributed by atoms with Crippen LogP contribution in [0.2, 0.25) is 0 Å². The van der Waals surface area contributed by atoms with Crippen molar-refractivity contribution in [3.8, 4) is 11.5 Å². The first-order valence-electron chi connectivity index (χ1n) is 4.21. The van der Waals surface area contributed by atoms with Crippen LogP contribution in [0.3, 0.4) is 0 Å². The van der Waals surface area contributed by atoms with Gasteiger partial charge in [-0.1, -0.05) is 0 Å². The second-order valence-corrected chi connectivity index (χ2v) is 3.21. The van der Waals surface area contributed by atoms with Crippen LogP contribution in [0, 0.1) is 20.8 Å². The molecule has 0 aliphatic heterocycles. The third-order valence-electron chi connectivity index (χ3n) is 2.46. The first-order valence-corrected chi connectivity index (χ1v) is 4.21. The number of hydrogen-bond acceptors (Lipinski definition) is 2. The third-order valence-corrected chi connectivity index (χ3v) is 2.46. The molecular formula is C9H12N4. The molecule has 0 radical (unpaired) electrons. The second kappa shape index (κ2) is 2.73. The van der Waals surface area contributed by atoms with Crippen LogP contribution in [-0.4, -0.2) is 20.2 Å². The molecular weight excluding hydrogens is 164 g/mol. The highest BCUT2D eigenvalue weighted by Crippen LogP contribution is 2.23. The molecule has 2 N–H and O–H groups in total. The van der Waals surface area contributed by atoms with Gasteiger partial charge >= 0.3 is 0 Å². The predicted molar refractivity (Wildman–Crippen MR) is 50.4 cm³/mol. The molecule has 0 saturated heterocycles. The summed E-state index contributed by atoms with van der Waals surface area (Å²) in [5.74, 6) is 0.800. The van der Waals surface area contributed by atoms with Crippen LogP contribution in [0.15, 0.2) is 6.33 Å². The van der Waals surface area contributed by atoms with Crippen molar-refractivity contribution in [1.82, 2.24) is 20.2 Å². The van der Waals surface area contributed by atoms with Gasteiger partial charge in [0.1, 0.15) is 6.33 Å². The number of nitrogens with one attached hydrogen (secondary N) is 2. The molecule has 2 aromatic heterocycles. The van der Waals surface area contributed by atoms with Gasteiger partial charge in [0.15, 0.2) is 5.82 Å². The van der Waals surface area contributed by atoms with Gasteiger partial charge < -0.3 is 4.98 Å². The standard InChI is InChI=1S/C9H12N4/c1-5-6(2)8(12-7(5)3)9-10-4-11-13-9/h4,12H,1-3H3,(H,10,11,13). The summed E-state index contributed by atoms with van der Waals surface area (Å²) in [5.41, 5.74) is 4.73. The Balaban J connectivity index is 2.59. The third kappa shape index (κ3) is 1.14. The molecule has 4 nitrogen and oxygen atoms in total. The summed E-state index contributed by atoms with van der Waals surface area (Å²) in [6, 6.07) is 0. The van der Waals surface area contributed by atoms with Gasteiger partial charge in [-0.15, -0.1) is 0 Å². The molecule has 0 amide bonds. The maximum absolute atomic E-state index is 4.10. The highest BCUT2D eigenvalue weighted by Gasteiger charge is 2.10. The summed E-state index contributed by atoms with van der Waals surface area (Å²) >= 11 is 0. The molecule has 4 heteroatoms. The van der Waals surface area contributed by atoms with Crippen LogP contribution >= 0.6 is 0 Å². The van der Waals surface area contributed by atoms with E-state index in [4.69, 9.17) is 0 Å². The molecule has 0 saturated carbocycles. The number of aromatic nitrogens is 4. The van der Waals surface area contributed by atoms with E-state index in [9.17, 15) is 0 Å². The summed E-state index contributed by atoms with van der Waals surface area (Å²) in [4.78, 5) is 7.39. The Hall–Kier alpha value is -1.58. The minimum Gasteiger partial charge on any atom is -0.356 e. The molecule has 2 aromatic rings. The average molecular weight is 176 g/mol. The lowest BCUT2D eigenvalue weighted by molar-refractivity contribution is 1.08. The van der Waals surface area contributed by atoms with Crippen LogP contribution in [-0.2, 0) is 0 Å². The molecule has 0 bridgehead atoms. The zero-order valence-electron chi connectivity index (χ0n) is 7.97. The van der Waals surface area contributed by atoms with Crippen molar-refractivity contribution < 1.29 is 0 Å². The summed E-state index contributed by atoms with van der Waals surface area (Å²) in [7, 11) is 0. The van der Waals surface area contributed by atoms with E-state index >= 15 is 0 Å². The van der Waals surface area contributed by atoms with E-state index in [-0.39, 0.29) is 0 Å². The molecule has 0 spiro atoms.